The SMILES string of the molecule is CCCCC1CCC(CCc2cc(F)c(-c3cc(F)c(/C=C/C(F)(F)F)c(F)c3)c(F)c2)CC1. The molecule has 0 atom stereocenters. The lowest BCUT2D eigenvalue weighted by Gasteiger charge is -2.28. The van der Waals surface area contributed by atoms with E-state index in [-0.39, 0.29) is 12.2 Å². The number of benzene rings is 2. The van der Waals surface area contributed by atoms with Gasteiger partial charge in [0.05, 0.1) is 5.56 Å². The van der Waals surface area contributed by atoms with Crippen LogP contribution in [0.5, 0.6) is 0 Å². The van der Waals surface area contributed by atoms with Crippen LogP contribution in [-0.4, -0.2) is 6.18 Å². The molecule has 34 heavy (non-hydrogen) atoms. The molecule has 1 fully saturated rings. The van der Waals surface area contributed by atoms with Gasteiger partial charge in [-0.2, -0.15) is 13.2 Å². The molecule has 7 heteroatoms. The van der Waals surface area contributed by atoms with Crippen LogP contribution in [0.3, 0.4) is 0 Å². The van der Waals surface area contributed by atoms with E-state index in [9.17, 15) is 30.7 Å². The second kappa shape index (κ2) is 11.4. The van der Waals surface area contributed by atoms with E-state index >= 15 is 0 Å². The molecule has 0 bridgehead atoms. The van der Waals surface area contributed by atoms with E-state index in [1.54, 1.807) is 0 Å². The molecule has 186 valence electrons. The van der Waals surface area contributed by atoms with Crippen molar-refractivity contribution in [3.05, 3.63) is 64.7 Å². The Kier molecular flexibility index (Phi) is 8.83. The standard InChI is InChI=1S/C27H29F7/c1-2-3-4-17-5-7-18(8-6-17)9-10-19-13-24(30)26(25(31)14-19)20-15-22(28)21(23(29)16-20)11-12-27(32,33)34/h11-18H,2-10H2,1H3/b12-11+. The Hall–Kier alpha value is -2.31. The van der Waals surface area contributed by atoms with Crippen LogP contribution in [0, 0.1) is 35.1 Å². The molecule has 3 rings (SSSR count). The number of allylic oxidation sites excluding steroid dienone is 1. The minimum Gasteiger partial charge on any atom is -0.206 e. The molecule has 0 saturated heterocycles. The van der Waals surface area contributed by atoms with E-state index in [4.69, 9.17) is 0 Å². The molecule has 0 N–H and O–H groups in total. The lowest BCUT2D eigenvalue weighted by atomic mass is 9.78. The van der Waals surface area contributed by atoms with Crippen molar-refractivity contribution in [3.8, 4) is 11.1 Å². The number of rotatable bonds is 8. The Labute approximate surface area is 195 Å². The topological polar surface area (TPSA) is 0 Å². The van der Waals surface area contributed by atoms with Gasteiger partial charge in [-0.25, -0.2) is 17.6 Å². The molecule has 1 aliphatic rings. The fraction of sp³-hybridized carbons (Fsp3) is 0.481. The molecule has 2 aromatic rings. The maximum atomic E-state index is 14.8. The number of hydrogen-bond donors (Lipinski definition) is 0. The van der Waals surface area contributed by atoms with Gasteiger partial charge in [0.1, 0.15) is 23.3 Å². The zero-order chi connectivity index (χ0) is 24.9. The Balaban J connectivity index is 1.70. The van der Waals surface area contributed by atoms with Gasteiger partial charge in [0.15, 0.2) is 0 Å². The lowest BCUT2D eigenvalue weighted by molar-refractivity contribution is -0.0790. The summed E-state index contributed by atoms with van der Waals surface area (Å²) in [5.74, 6) is -3.31. The predicted octanol–water partition coefficient (Wildman–Crippen LogP) is 9.41. The molecule has 0 amide bonds. The Morgan fingerprint density at radius 1 is 0.794 bits per heavy atom. The first-order valence-corrected chi connectivity index (χ1v) is 11.8. The maximum Gasteiger partial charge on any atom is 0.409 e. The molecule has 0 heterocycles. The summed E-state index contributed by atoms with van der Waals surface area (Å²) in [6.45, 7) is 2.19. The number of aryl methyl sites for hydroxylation is 1. The minimum atomic E-state index is -4.75. The molecular formula is C27H29F7. The summed E-state index contributed by atoms with van der Waals surface area (Å²) < 4.78 is 94.9. The Bertz CT molecular complexity index is 953. The number of alkyl halides is 3. The third-order valence-corrected chi connectivity index (χ3v) is 6.68. The average molecular weight is 487 g/mol. The highest BCUT2D eigenvalue weighted by molar-refractivity contribution is 5.68. The molecule has 0 radical (unpaired) electrons. The van der Waals surface area contributed by atoms with Crippen LogP contribution < -0.4 is 0 Å². The van der Waals surface area contributed by atoms with Crippen LogP contribution in [0.1, 0.15) is 69.4 Å². The zero-order valence-corrected chi connectivity index (χ0v) is 19.1. The van der Waals surface area contributed by atoms with Crippen molar-refractivity contribution >= 4 is 6.08 Å². The normalized spacial score (nSPS) is 19.2. The maximum absolute atomic E-state index is 14.8. The monoisotopic (exact) mass is 486 g/mol. The van der Waals surface area contributed by atoms with Crippen molar-refractivity contribution in [2.24, 2.45) is 11.8 Å². The first-order valence-electron chi connectivity index (χ1n) is 11.8. The second-order valence-corrected chi connectivity index (χ2v) is 9.23. The molecule has 1 saturated carbocycles. The van der Waals surface area contributed by atoms with Crippen molar-refractivity contribution in [1.82, 2.24) is 0 Å². The molecule has 1 aliphatic carbocycles. The van der Waals surface area contributed by atoms with Crippen LogP contribution in [0.2, 0.25) is 0 Å². The highest BCUT2D eigenvalue weighted by atomic mass is 19.4. The molecule has 0 unspecified atom stereocenters. The van der Waals surface area contributed by atoms with Crippen molar-refractivity contribution < 1.29 is 30.7 Å². The quantitative estimate of drug-likeness (QED) is 0.326. The number of hydrogen-bond acceptors (Lipinski definition) is 0. The molecule has 2 aromatic carbocycles. The summed E-state index contributed by atoms with van der Waals surface area (Å²) in [6.07, 6.45) is 4.85. The van der Waals surface area contributed by atoms with Crippen LogP contribution in [0.15, 0.2) is 30.3 Å². The smallest absolute Gasteiger partial charge is 0.206 e. The van der Waals surface area contributed by atoms with E-state index < -0.39 is 46.1 Å². The molecule has 0 aromatic heterocycles. The van der Waals surface area contributed by atoms with Gasteiger partial charge in [-0.1, -0.05) is 51.9 Å². The fourth-order valence-corrected chi connectivity index (χ4v) is 4.78. The summed E-state index contributed by atoms with van der Waals surface area (Å²) in [5, 5.41) is 0. The molecule has 0 nitrogen and oxygen atoms in total. The predicted molar refractivity (Wildman–Crippen MR) is 120 cm³/mol. The van der Waals surface area contributed by atoms with Gasteiger partial charge in [-0.05, 0) is 66.1 Å². The van der Waals surface area contributed by atoms with Crippen molar-refractivity contribution in [1.29, 1.82) is 0 Å². The first kappa shape index (κ1) is 26.3. The van der Waals surface area contributed by atoms with E-state index in [1.165, 1.54) is 44.2 Å². The lowest BCUT2D eigenvalue weighted by Crippen LogP contribution is -2.15. The molecule has 0 aliphatic heterocycles. The summed E-state index contributed by atoms with van der Waals surface area (Å²) >= 11 is 0. The van der Waals surface area contributed by atoms with Crippen molar-refractivity contribution in [3.63, 3.8) is 0 Å². The van der Waals surface area contributed by atoms with Gasteiger partial charge >= 0.3 is 6.18 Å². The zero-order valence-electron chi connectivity index (χ0n) is 19.1. The summed E-state index contributed by atoms with van der Waals surface area (Å²) in [5.41, 5.74) is -1.48. The van der Waals surface area contributed by atoms with E-state index in [0.29, 0.717) is 30.0 Å². The van der Waals surface area contributed by atoms with Gasteiger partial charge in [-0.3, -0.25) is 0 Å². The largest absolute Gasteiger partial charge is 0.409 e. The third-order valence-electron chi connectivity index (χ3n) is 6.68. The van der Waals surface area contributed by atoms with Crippen LogP contribution >= 0.6 is 0 Å². The summed E-state index contributed by atoms with van der Waals surface area (Å²) in [7, 11) is 0. The average Bonchev–Trinajstić information content (AvgIpc) is 2.75. The van der Waals surface area contributed by atoms with Crippen LogP contribution in [0.4, 0.5) is 30.7 Å². The highest BCUT2D eigenvalue weighted by Crippen LogP contribution is 2.35. The van der Waals surface area contributed by atoms with Gasteiger partial charge in [0.2, 0.25) is 0 Å². The summed E-state index contributed by atoms with van der Waals surface area (Å²) in [6, 6.07) is 3.60. The van der Waals surface area contributed by atoms with Gasteiger partial charge in [0.25, 0.3) is 0 Å². The third kappa shape index (κ3) is 7.09. The minimum absolute atomic E-state index is 0.252. The Morgan fingerprint density at radius 2 is 1.32 bits per heavy atom. The van der Waals surface area contributed by atoms with Gasteiger partial charge in [-0.15, -0.1) is 0 Å². The first-order chi connectivity index (χ1) is 16.1. The van der Waals surface area contributed by atoms with Gasteiger partial charge in [0, 0.05) is 11.6 Å². The highest BCUT2D eigenvalue weighted by Gasteiger charge is 2.24. The van der Waals surface area contributed by atoms with Gasteiger partial charge < -0.3 is 0 Å². The number of unbranched alkanes of at least 4 members (excludes halogenated alkanes) is 1. The molecular weight excluding hydrogens is 457 g/mol. The molecule has 0 spiro atoms. The van der Waals surface area contributed by atoms with Crippen LogP contribution in [-0.2, 0) is 6.42 Å². The van der Waals surface area contributed by atoms with E-state index in [1.807, 2.05) is 0 Å². The second-order valence-electron chi connectivity index (χ2n) is 9.23. The fourth-order valence-electron chi connectivity index (χ4n) is 4.78. The van der Waals surface area contributed by atoms with Crippen molar-refractivity contribution in [2.75, 3.05) is 0 Å². The number of halogens is 7. The van der Waals surface area contributed by atoms with E-state index in [2.05, 4.69) is 6.92 Å². The van der Waals surface area contributed by atoms with Crippen LogP contribution in [0.25, 0.3) is 17.2 Å². The summed E-state index contributed by atoms with van der Waals surface area (Å²) in [4.78, 5) is 0. The van der Waals surface area contributed by atoms with Crippen molar-refractivity contribution in [2.45, 2.75) is 70.9 Å². The Morgan fingerprint density at radius 3 is 1.82 bits per heavy atom. The van der Waals surface area contributed by atoms with E-state index in [0.717, 1.165) is 25.2 Å².